The van der Waals surface area contributed by atoms with Gasteiger partial charge in [0.05, 0.1) is 10.6 Å². The maximum absolute atomic E-state index is 14.5. The number of carbonyl (C=O) groups is 2. The lowest BCUT2D eigenvalue weighted by Gasteiger charge is -2.34. The predicted octanol–water partition coefficient (Wildman–Crippen LogP) is 5.35. The Morgan fingerprint density at radius 2 is 1.51 bits per heavy atom. The highest BCUT2D eigenvalue weighted by atomic mass is 32.2. The lowest BCUT2D eigenvalue weighted by Crippen LogP contribution is -2.53. The first-order chi connectivity index (χ1) is 22.8. The van der Waals surface area contributed by atoms with Gasteiger partial charge in [0, 0.05) is 25.6 Å². The Balaban J connectivity index is 1.56. The largest absolute Gasteiger partial charge is 0.486 e. The van der Waals surface area contributed by atoms with Gasteiger partial charge in [0.1, 0.15) is 31.6 Å². The molecule has 246 valence electrons. The number of anilines is 1. The zero-order chi connectivity index (χ0) is 33.2. The highest BCUT2D eigenvalue weighted by Gasteiger charge is 2.35. The molecule has 0 saturated carbocycles. The maximum atomic E-state index is 14.5. The third-order valence-electron chi connectivity index (χ3n) is 7.79. The summed E-state index contributed by atoms with van der Waals surface area (Å²) in [5, 5.41) is 2.95. The molecule has 5 rings (SSSR count). The zero-order valence-electron chi connectivity index (χ0n) is 26.2. The molecule has 4 aromatic carbocycles. The SMILES string of the molecule is CCCCNC(=O)[C@@H](Cc1ccccc1)N(Cc1ccc(F)cc1)C(=O)CN(c1ccc2c(c1)OCCO2)S(=O)(=O)c1ccccc1. The van der Waals surface area contributed by atoms with Gasteiger partial charge in [-0.15, -0.1) is 0 Å². The van der Waals surface area contributed by atoms with Crippen molar-refractivity contribution < 1.29 is 31.9 Å². The average molecular weight is 660 g/mol. The maximum Gasteiger partial charge on any atom is 0.264 e. The van der Waals surface area contributed by atoms with Gasteiger partial charge in [-0.3, -0.25) is 13.9 Å². The van der Waals surface area contributed by atoms with Crippen molar-refractivity contribution >= 4 is 27.5 Å². The Morgan fingerprint density at radius 3 is 2.19 bits per heavy atom. The Kier molecular flexibility index (Phi) is 11.1. The van der Waals surface area contributed by atoms with E-state index in [1.54, 1.807) is 42.5 Å². The van der Waals surface area contributed by atoms with E-state index in [4.69, 9.17) is 9.47 Å². The standard InChI is InChI=1S/C36H38FN3O6S/c1-2-3-20-38-36(42)32(23-27-10-6-4-7-11-27)39(25-28-14-16-29(37)17-15-28)35(41)26-40(47(43,44)31-12-8-5-9-13-31)30-18-19-33-34(24-30)46-22-21-45-33/h4-19,24,32H,2-3,20-23,25-26H2,1H3,(H,38,42)/t32-/m1/s1. The molecule has 11 heteroatoms. The fraction of sp³-hybridized carbons (Fsp3) is 0.278. The number of amides is 2. The molecule has 0 saturated heterocycles. The molecule has 0 bridgehead atoms. The lowest BCUT2D eigenvalue weighted by molar-refractivity contribution is -0.140. The van der Waals surface area contributed by atoms with Gasteiger partial charge in [0.15, 0.2) is 11.5 Å². The summed E-state index contributed by atoms with van der Waals surface area (Å²) in [4.78, 5) is 29.7. The first kappa shape index (κ1) is 33.5. The summed E-state index contributed by atoms with van der Waals surface area (Å²) in [5.74, 6) is -0.601. The summed E-state index contributed by atoms with van der Waals surface area (Å²) < 4.78 is 54.6. The van der Waals surface area contributed by atoms with Gasteiger partial charge in [0.2, 0.25) is 11.8 Å². The molecule has 2 amide bonds. The number of carbonyl (C=O) groups excluding carboxylic acids is 2. The van der Waals surface area contributed by atoms with Gasteiger partial charge in [-0.05, 0) is 53.9 Å². The van der Waals surface area contributed by atoms with Crippen molar-refractivity contribution in [1.29, 1.82) is 0 Å². The fourth-order valence-electron chi connectivity index (χ4n) is 5.28. The van der Waals surface area contributed by atoms with Gasteiger partial charge in [-0.1, -0.05) is 74.0 Å². The van der Waals surface area contributed by atoms with Crippen LogP contribution in [0.15, 0.2) is 108 Å². The van der Waals surface area contributed by atoms with E-state index < -0.39 is 34.3 Å². The second-order valence-corrected chi connectivity index (χ2v) is 13.0. The molecule has 0 aromatic heterocycles. The molecule has 0 aliphatic carbocycles. The van der Waals surface area contributed by atoms with E-state index in [9.17, 15) is 22.4 Å². The minimum Gasteiger partial charge on any atom is -0.486 e. The number of unbranched alkanes of at least 4 members (excludes halogenated alkanes) is 1. The number of benzene rings is 4. The van der Waals surface area contributed by atoms with Crippen LogP contribution in [0.4, 0.5) is 10.1 Å². The Hall–Kier alpha value is -4.90. The molecule has 1 atom stereocenters. The lowest BCUT2D eigenvalue weighted by atomic mass is 10.0. The highest BCUT2D eigenvalue weighted by Crippen LogP contribution is 2.36. The van der Waals surface area contributed by atoms with E-state index in [0.29, 0.717) is 36.8 Å². The van der Waals surface area contributed by atoms with E-state index in [1.807, 2.05) is 37.3 Å². The van der Waals surface area contributed by atoms with Crippen LogP contribution in [0.3, 0.4) is 0 Å². The molecule has 1 aliphatic rings. The summed E-state index contributed by atoms with van der Waals surface area (Å²) in [5.41, 5.74) is 1.59. The predicted molar refractivity (Wildman–Crippen MR) is 177 cm³/mol. The minimum atomic E-state index is -4.27. The van der Waals surface area contributed by atoms with Crippen LogP contribution in [0, 0.1) is 5.82 Å². The Bertz CT molecular complexity index is 1750. The summed E-state index contributed by atoms with van der Waals surface area (Å²) >= 11 is 0. The van der Waals surface area contributed by atoms with Crippen LogP contribution >= 0.6 is 0 Å². The van der Waals surface area contributed by atoms with Crippen molar-refractivity contribution in [1.82, 2.24) is 10.2 Å². The number of halogens is 1. The number of ether oxygens (including phenoxy) is 2. The minimum absolute atomic E-state index is 0.00841. The molecule has 1 aliphatic heterocycles. The van der Waals surface area contributed by atoms with Gasteiger partial charge >= 0.3 is 0 Å². The molecule has 1 N–H and O–H groups in total. The molecule has 0 unspecified atom stereocenters. The first-order valence-corrected chi connectivity index (χ1v) is 17.0. The Labute approximate surface area is 275 Å². The first-order valence-electron chi connectivity index (χ1n) is 15.6. The van der Waals surface area contributed by atoms with E-state index in [0.717, 1.165) is 22.7 Å². The van der Waals surface area contributed by atoms with Crippen LogP contribution in [-0.2, 0) is 32.6 Å². The molecule has 1 heterocycles. The number of hydrogen-bond acceptors (Lipinski definition) is 6. The summed E-state index contributed by atoms with van der Waals surface area (Å²) in [6, 6.07) is 26.5. The van der Waals surface area contributed by atoms with Crippen molar-refractivity contribution in [2.75, 3.05) is 30.6 Å². The van der Waals surface area contributed by atoms with Gasteiger partial charge in [0.25, 0.3) is 10.0 Å². The smallest absolute Gasteiger partial charge is 0.264 e. The number of nitrogens with zero attached hydrogens (tertiary/aromatic N) is 2. The molecule has 0 spiro atoms. The number of hydrogen-bond donors (Lipinski definition) is 1. The molecular weight excluding hydrogens is 621 g/mol. The number of fused-ring (bicyclic) bond motifs is 1. The molecule has 4 aromatic rings. The number of sulfonamides is 1. The van der Waals surface area contributed by atoms with E-state index in [-0.39, 0.29) is 29.5 Å². The highest BCUT2D eigenvalue weighted by molar-refractivity contribution is 7.92. The third-order valence-corrected chi connectivity index (χ3v) is 9.58. The van der Waals surface area contributed by atoms with Crippen molar-refractivity contribution in [3.05, 3.63) is 120 Å². The molecular formula is C36H38FN3O6S. The van der Waals surface area contributed by atoms with Gasteiger partial charge in [-0.25, -0.2) is 12.8 Å². The zero-order valence-corrected chi connectivity index (χ0v) is 27.0. The monoisotopic (exact) mass is 659 g/mol. The topological polar surface area (TPSA) is 105 Å². The van der Waals surface area contributed by atoms with Crippen LogP contribution in [0.25, 0.3) is 0 Å². The quantitative estimate of drug-likeness (QED) is 0.183. The number of rotatable bonds is 14. The van der Waals surface area contributed by atoms with Crippen molar-refractivity contribution in [3.63, 3.8) is 0 Å². The molecule has 47 heavy (non-hydrogen) atoms. The van der Waals surface area contributed by atoms with Crippen molar-refractivity contribution in [2.45, 2.75) is 43.7 Å². The number of nitrogens with one attached hydrogen (secondary N) is 1. The summed E-state index contributed by atoms with van der Waals surface area (Å²) in [7, 11) is -4.27. The van der Waals surface area contributed by atoms with Crippen LogP contribution in [0.2, 0.25) is 0 Å². The van der Waals surface area contributed by atoms with Crippen LogP contribution < -0.4 is 19.1 Å². The summed E-state index contributed by atoms with van der Waals surface area (Å²) in [6.45, 7) is 2.41. The van der Waals surface area contributed by atoms with Crippen molar-refractivity contribution in [2.24, 2.45) is 0 Å². The second kappa shape index (κ2) is 15.6. The molecule has 9 nitrogen and oxygen atoms in total. The van der Waals surface area contributed by atoms with E-state index >= 15 is 0 Å². The second-order valence-electron chi connectivity index (χ2n) is 11.2. The van der Waals surface area contributed by atoms with Crippen LogP contribution in [-0.4, -0.2) is 57.5 Å². The van der Waals surface area contributed by atoms with Crippen LogP contribution in [0.1, 0.15) is 30.9 Å². The van der Waals surface area contributed by atoms with E-state index in [1.165, 1.54) is 35.2 Å². The summed E-state index contributed by atoms with van der Waals surface area (Å²) in [6.07, 6.45) is 1.80. The average Bonchev–Trinajstić information content (AvgIpc) is 3.10. The molecule has 0 radical (unpaired) electrons. The Morgan fingerprint density at radius 1 is 0.851 bits per heavy atom. The van der Waals surface area contributed by atoms with Crippen molar-refractivity contribution in [3.8, 4) is 11.5 Å². The van der Waals surface area contributed by atoms with Gasteiger partial charge < -0.3 is 19.7 Å². The fourth-order valence-corrected chi connectivity index (χ4v) is 6.71. The van der Waals surface area contributed by atoms with E-state index in [2.05, 4.69) is 5.32 Å². The third kappa shape index (κ3) is 8.48. The molecule has 0 fully saturated rings. The van der Waals surface area contributed by atoms with Crippen LogP contribution in [0.5, 0.6) is 11.5 Å². The van der Waals surface area contributed by atoms with Gasteiger partial charge in [-0.2, -0.15) is 0 Å². The normalized spacial score (nSPS) is 13.0.